The number of esters is 1. The van der Waals surface area contributed by atoms with Crippen LogP contribution in [0.4, 0.5) is 4.79 Å². The number of carbonyl (C=O) groups is 2. The molecule has 32 heavy (non-hydrogen) atoms. The summed E-state index contributed by atoms with van der Waals surface area (Å²) in [4.78, 5) is 25.0. The average molecular weight is 435 g/mol. The summed E-state index contributed by atoms with van der Waals surface area (Å²) in [5, 5.41) is 2.83. The molecule has 1 heterocycles. The maximum absolute atomic E-state index is 12.8. The van der Waals surface area contributed by atoms with E-state index >= 15 is 0 Å². The summed E-state index contributed by atoms with van der Waals surface area (Å²) in [6.45, 7) is 9.81. The monoisotopic (exact) mass is 434 g/mol. The van der Waals surface area contributed by atoms with E-state index in [1.165, 1.54) is 0 Å². The molecule has 3 rings (SSSR count). The van der Waals surface area contributed by atoms with Crippen LogP contribution in [0.3, 0.4) is 0 Å². The molecule has 0 aliphatic rings. The SMILES string of the molecule is CCOC(=O)c1cc(C)n(-c2ccccc2CNC(=O)OC(C)(C)C)c1-c1ccccc1. The smallest absolute Gasteiger partial charge is 0.407 e. The standard InChI is InChI=1S/C26H30N2O4/c1-6-31-24(29)21-16-18(2)28(23(21)19-12-8-7-9-13-19)22-15-11-10-14-20(22)17-27-25(30)32-26(3,4)5/h7-16H,6,17H2,1-5H3,(H,27,30). The van der Waals surface area contributed by atoms with Gasteiger partial charge in [-0.1, -0.05) is 48.5 Å². The predicted molar refractivity (Wildman–Crippen MR) is 125 cm³/mol. The Labute approximate surface area is 189 Å². The molecular weight excluding hydrogens is 404 g/mol. The highest BCUT2D eigenvalue weighted by molar-refractivity contribution is 5.97. The molecule has 6 nitrogen and oxygen atoms in total. The maximum Gasteiger partial charge on any atom is 0.407 e. The lowest BCUT2D eigenvalue weighted by atomic mass is 10.1. The lowest BCUT2D eigenvalue weighted by Crippen LogP contribution is -2.32. The molecule has 168 valence electrons. The Morgan fingerprint density at radius 3 is 2.31 bits per heavy atom. The Morgan fingerprint density at radius 2 is 1.66 bits per heavy atom. The van der Waals surface area contributed by atoms with Crippen LogP contribution in [0.2, 0.25) is 0 Å². The van der Waals surface area contributed by atoms with Gasteiger partial charge in [-0.05, 0) is 57.9 Å². The van der Waals surface area contributed by atoms with E-state index in [0.717, 1.165) is 28.2 Å². The van der Waals surface area contributed by atoms with Crippen molar-refractivity contribution in [2.75, 3.05) is 6.61 Å². The Morgan fingerprint density at radius 1 is 1.00 bits per heavy atom. The molecule has 0 atom stereocenters. The van der Waals surface area contributed by atoms with Crippen LogP contribution in [0.1, 0.15) is 49.3 Å². The molecule has 0 saturated carbocycles. The highest BCUT2D eigenvalue weighted by Gasteiger charge is 2.23. The second-order valence-electron chi connectivity index (χ2n) is 8.45. The topological polar surface area (TPSA) is 69.6 Å². The van der Waals surface area contributed by atoms with E-state index in [1.807, 2.05) is 92.9 Å². The van der Waals surface area contributed by atoms with Gasteiger partial charge >= 0.3 is 12.1 Å². The predicted octanol–water partition coefficient (Wildman–Crippen LogP) is 5.65. The fraction of sp³-hybridized carbons (Fsp3) is 0.308. The largest absolute Gasteiger partial charge is 0.462 e. The summed E-state index contributed by atoms with van der Waals surface area (Å²) in [5.74, 6) is -0.363. The molecule has 0 radical (unpaired) electrons. The normalized spacial score (nSPS) is 11.2. The van der Waals surface area contributed by atoms with Crippen molar-refractivity contribution in [1.29, 1.82) is 0 Å². The van der Waals surface area contributed by atoms with Crippen molar-refractivity contribution in [3.63, 3.8) is 0 Å². The minimum atomic E-state index is -0.574. The van der Waals surface area contributed by atoms with Gasteiger partial charge in [0.25, 0.3) is 0 Å². The van der Waals surface area contributed by atoms with E-state index in [-0.39, 0.29) is 12.5 Å². The molecule has 6 heteroatoms. The summed E-state index contributed by atoms with van der Waals surface area (Å²) in [6, 6.07) is 19.4. The first-order valence-corrected chi connectivity index (χ1v) is 10.7. The number of aryl methyl sites for hydroxylation is 1. The molecule has 1 N–H and O–H groups in total. The van der Waals surface area contributed by atoms with Crippen LogP contribution >= 0.6 is 0 Å². The molecule has 0 aliphatic carbocycles. The molecule has 1 aromatic heterocycles. The quantitative estimate of drug-likeness (QED) is 0.509. The zero-order chi connectivity index (χ0) is 23.3. The van der Waals surface area contributed by atoms with Gasteiger partial charge in [0, 0.05) is 12.2 Å². The first-order valence-electron chi connectivity index (χ1n) is 10.7. The Bertz CT molecular complexity index is 1090. The number of hydrogen-bond acceptors (Lipinski definition) is 4. The lowest BCUT2D eigenvalue weighted by molar-refractivity contribution is 0.0515. The van der Waals surface area contributed by atoms with Crippen LogP contribution in [0.5, 0.6) is 0 Å². The van der Waals surface area contributed by atoms with Gasteiger partial charge in [0.05, 0.1) is 23.6 Å². The van der Waals surface area contributed by atoms with E-state index in [2.05, 4.69) is 5.32 Å². The van der Waals surface area contributed by atoms with E-state index < -0.39 is 11.7 Å². The van der Waals surface area contributed by atoms with Crippen LogP contribution < -0.4 is 5.32 Å². The molecule has 1 amide bonds. The number of rotatable bonds is 6. The van der Waals surface area contributed by atoms with Crippen molar-refractivity contribution >= 4 is 12.1 Å². The Kier molecular flexibility index (Phi) is 7.03. The second-order valence-corrected chi connectivity index (χ2v) is 8.45. The van der Waals surface area contributed by atoms with E-state index in [1.54, 1.807) is 6.92 Å². The van der Waals surface area contributed by atoms with Gasteiger partial charge in [-0.3, -0.25) is 0 Å². The number of benzene rings is 2. The molecular formula is C26H30N2O4. The number of amides is 1. The van der Waals surface area contributed by atoms with Gasteiger partial charge in [0.15, 0.2) is 0 Å². The van der Waals surface area contributed by atoms with E-state index in [9.17, 15) is 9.59 Å². The third-order valence-electron chi connectivity index (χ3n) is 4.78. The van der Waals surface area contributed by atoms with Gasteiger partial charge in [-0.15, -0.1) is 0 Å². The average Bonchev–Trinajstić information content (AvgIpc) is 3.09. The number of nitrogens with one attached hydrogen (secondary N) is 1. The lowest BCUT2D eigenvalue weighted by Gasteiger charge is -2.21. The second kappa shape index (κ2) is 9.73. The Hall–Kier alpha value is -3.54. The van der Waals surface area contributed by atoms with Gasteiger partial charge in [0.1, 0.15) is 5.60 Å². The van der Waals surface area contributed by atoms with Gasteiger partial charge in [-0.2, -0.15) is 0 Å². The number of carbonyl (C=O) groups excluding carboxylic acids is 2. The van der Waals surface area contributed by atoms with Crippen molar-refractivity contribution in [2.24, 2.45) is 0 Å². The minimum absolute atomic E-state index is 0.283. The van der Waals surface area contributed by atoms with Crippen LogP contribution in [-0.4, -0.2) is 28.8 Å². The number of hydrogen-bond donors (Lipinski definition) is 1. The first-order chi connectivity index (χ1) is 15.2. The van der Waals surface area contributed by atoms with Crippen LogP contribution in [0.25, 0.3) is 16.9 Å². The van der Waals surface area contributed by atoms with Crippen LogP contribution in [0.15, 0.2) is 60.7 Å². The number of aromatic nitrogens is 1. The van der Waals surface area contributed by atoms with Crippen molar-refractivity contribution in [2.45, 2.75) is 46.8 Å². The van der Waals surface area contributed by atoms with Gasteiger partial charge in [0.2, 0.25) is 0 Å². The number of ether oxygens (including phenoxy) is 2. The highest BCUT2D eigenvalue weighted by Crippen LogP contribution is 2.32. The van der Waals surface area contributed by atoms with Gasteiger partial charge in [-0.25, -0.2) is 9.59 Å². The van der Waals surface area contributed by atoms with Gasteiger partial charge < -0.3 is 19.4 Å². The minimum Gasteiger partial charge on any atom is -0.462 e. The molecule has 2 aromatic carbocycles. The fourth-order valence-electron chi connectivity index (χ4n) is 3.55. The summed E-state index contributed by atoms with van der Waals surface area (Å²) < 4.78 is 12.7. The van der Waals surface area contributed by atoms with Crippen LogP contribution in [0, 0.1) is 6.92 Å². The summed E-state index contributed by atoms with van der Waals surface area (Å²) in [6.07, 6.45) is -0.480. The fourth-order valence-corrected chi connectivity index (χ4v) is 3.55. The van der Waals surface area contributed by atoms with Crippen molar-refractivity contribution in [1.82, 2.24) is 9.88 Å². The van der Waals surface area contributed by atoms with E-state index in [0.29, 0.717) is 12.2 Å². The zero-order valence-corrected chi connectivity index (χ0v) is 19.3. The maximum atomic E-state index is 12.8. The molecule has 0 aliphatic heterocycles. The number of nitrogens with zero attached hydrogens (tertiary/aromatic N) is 1. The Balaban J connectivity index is 2.07. The number of para-hydroxylation sites is 1. The third kappa shape index (κ3) is 5.38. The summed E-state index contributed by atoms with van der Waals surface area (Å²) >= 11 is 0. The molecule has 0 saturated heterocycles. The summed E-state index contributed by atoms with van der Waals surface area (Å²) in [7, 11) is 0. The first kappa shape index (κ1) is 23.1. The molecule has 0 fully saturated rings. The summed E-state index contributed by atoms with van der Waals surface area (Å²) in [5.41, 5.74) is 4.24. The molecule has 3 aromatic rings. The van der Waals surface area contributed by atoms with Crippen molar-refractivity contribution in [3.8, 4) is 16.9 Å². The zero-order valence-electron chi connectivity index (χ0n) is 19.3. The van der Waals surface area contributed by atoms with Crippen molar-refractivity contribution < 1.29 is 19.1 Å². The van der Waals surface area contributed by atoms with Crippen LogP contribution in [-0.2, 0) is 16.0 Å². The number of alkyl carbamates (subject to hydrolysis) is 1. The third-order valence-corrected chi connectivity index (χ3v) is 4.78. The molecule has 0 bridgehead atoms. The van der Waals surface area contributed by atoms with Crippen molar-refractivity contribution in [3.05, 3.63) is 77.5 Å². The van der Waals surface area contributed by atoms with E-state index in [4.69, 9.17) is 9.47 Å². The molecule has 0 unspecified atom stereocenters. The molecule has 0 spiro atoms. The highest BCUT2D eigenvalue weighted by atomic mass is 16.6.